The van der Waals surface area contributed by atoms with Crippen molar-refractivity contribution in [2.75, 3.05) is 0 Å². The van der Waals surface area contributed by atoms with E-state index in [0.29, 0.717) is 16.7 Å². The van der Waals surface area contributed by atoms with Crippen molar-refractivity contribution in [1.82, 2.24) is 5.32 Å². The lowest BCUT2D eigenvalue weighted by Crippen LogP contribution is -2.45. The molecule has 3 nitrogen and oxygen atoms in total. The molecule has 1 N–H and O–H groups in total. The number of rotatable bonds is 5. The molecular weight excluding hydrogens is 298 g/mol. The summed E-state index contributed by atoms with van der Waals surface area (Å²) in [6, 6.07) is 7.38. The molecule has 4 heteroatoms. The normalized spacial score (nSPS) is 29.1. The fraction of sp³-hybridized carbons (Fsp3) is 0.611. The second-order valence-corrected chi connectivity index (χ2v) is 7.29. The smallest absolute Gasteiger partial charge is 0.260 e. The standard InChI is InChI=1S/C18H24ClNO2/c1-11(17-9-13-6-7-14(17)8-13)20-18(21)12(2)22-16-5-3-4-15(19)10-16/h3-5,10-14,17H,6-9H2,1-2H3,(H,20,21)/t11-,12+,13-,14-,17+/m1/s1. The first kappa shape index (κ1) is 15.7. The summed E-state index contributed by atoms with van der Waals surface area (Å²) < 4.78 is 5.69. The van der Waals surface area contributed by atoms with Crippen molar-refractivity contribution in [1.29, 1.82) is 0 Å². The molecule has 0 radical (unpaired) electrons. The van der Waals surface area contributed by atoms with E-state index in [9.17, 15) is 4.79 Å². The Hall–Kier alpha value is -1.22. The van der Waals surface area contributed by atoms with Crippen LogP contribution in [0.25, 0.3) is 0 Å². The van der Waals surface area contributed by atoms with E-state index in [4.69, 9.17) is 16.3 Å². The van der Waals surface area contributed by atoms with Gasteiger partial charge in [0.1, 0.15) is 5.75 Å². The number of hydrogen-bond acceptors (Lipinski definition) is 2. The van der Waals surface area contributed by atoms with Gasteiger partial charge < -0.3 is 10.1 Å². The SMILES string of the molecule is C[C@H](Oc1cccc(Cl)c1)C(=O)N[C@H](C)[C@@H]1C[C@@H]2CC[C@@H]1C2. The minimum absolute atomic E-state index is 0.0461. The van der Waals surface area contributed by atoms with Gasteiger partial charge >= 0.3 is 0 Å². The highest BCUT2D eigenvalue weighted by Gasteiger charge is 2.42. The number of amides is 1. The van der Waals surface area contributed by atoms with Gasteiger partial charge in [-0.05, 0) is 69.1 Å². The van der Waals surface area contributed by atoms with Crippen LogP contribution in [-0.2, 0) is 4.79 Å². The average Bonchev–Trinajstić information content (AvgIpc) is 3.09. The Morgan fingerprint density at radius 1 is 1.32 bits per heavy atom. The molecule has 2 fully saturated rings. The topological polar surface area (TPSA) is 38.3 Å². The molecule has 22 heavy (non-hydrogen) atoms. The number of carbonyl (C=O) groups excluding carboxylic acids is 1. The van der Waals surface area contributed by atoms with E-state index in [2.05, 4.69) is 12.2 Å². The maximum absolute atomic E-state index is 12.3. The first-order valence-corrected chi connectivity index (χ1v) is 8.63. The maximum atomic E-state index is 12.3. The van der Waals surface area contributed by atoms with Crippen molar-refractivity contribution in [3.05, 3.63) is 29.3 Å². The Bertz CT molecular complexity index is 548. The molecular formula is C18H24ClNO2. The largest absolute Gasteiger partial charge is 0.481 e. The van der Waals surface area contributed by atoms with E-state index in [-0.39, 0.29) is 11.9 Å². The molecule has 0 unspecified atom stereocenters. The fourth-order valence-electron chi connectivity index (χ4n) is 4.15. The third-order valence-corrected chi connectivity index (χ3v) is 5.52. The molecule has 2 bridgehead atoms. The van der Waals surface area contributed by atoms with Crippen LogP contribution in [0.15, 0.2) is 24.3 Å². The molecule has 0 heterocycles. The minimum atomic E-state index is -0.514. The molecule has 1 aromatic rings. The predicted octanol–water partition coefficient (Wildman–Crippen LogP) is 4.05. The highest BCUT2D eigenvalue weighted by atomic mass is 35.5. The van der Waals surface area contributed by atoms with Crippen molar-refractivity contribution in [2.45, 2.75) is 51.7 Å². The molecule has 2 aliphatic carbocycles. The predicted molar refractivity (Wildman–Crippen MR) is 88.1 cm³/mol. The molecule has 1 aromatic carbocycles. The summed E-state index contributed by atoms with van der Waals surface area (Å²) in [5, 5.41) is 3.76. The van der Waals surface area contributed by atoms with E-state index < -0.39 is 6.10 Å². The summed E-state index contributed by atoms with van der Waals surface area (Å²) in [6.45, 7) is 3.92. The third-order valence-electron chi connectivity index (χ3n) is 5.28. The van der Waals surface area contributed by atoms with Crippen molar-refractivity contribution >= 4 is 17.5 Å². The summed E-state index contributed by atoms with van der Waals surface area (Å²) >= 11 is 5.93. The van der Waals surface area contributed by atoms with Crippen LogP contribution in [0, 0.1) is 17.8 Å². The van der Waals surface area contributed by atoms with Crippen LogP contribution in [0.1, 0.15) is 39.5 Å². The van der Waals surface area contributed by atoms with Crippen LogP contribution in [0.4, 0.5) is 0 Å². The van der Waals surface area contributed by atoms with Crippen LogP contribution in [0.3, 0.4) is 0 Å². The highest BCUT2D eigenvalue weighted by molar-refractivity contribution is 6.30. The monoisotopic (exact) mass is 321 g/mol. The fourth-order valence-corrected chi connectivity index (χ4v) is 4.33. The molecule has 120 valence electrons. The van der Waals surface area contributed by atoms with Gasteiger partial charge in [0, 0.05) is 11.1 Å². The maximum Gasteiger partial charge on any atom is 0.260 e. The Kier molecular flexibility index (Phi) is 4.62. The molecule has 3 rings (SSSR count). The first-order chi connectivity index (χ1) is 10.5. The zero-order chi connectivity index (χ0) is 15.7. The van der Waals surface area contributed by atoms with E-state index in [0.717, 1.165) is 11.8 Å². The Labute approximate surface area is 137 Å². The van der Waals surface area contributed by atoms with Crippen LogP contribution < -0.4 is 10.1 Å². The van der Waals surface area contributed by atoms with Gasteiger partial charge in [-0.2, -0.15) is 0 Å². The van der Waals surface area contributed by atoms with Gasteiger partial charge in [-0.25, -0.2) is 0 Å². The highest BCUT2D eigenvalue weighted by Crippen LogP contribution is 2.49. The Morgan fingerprint density at radius 2 is 2.14 bits per heavy atom. The van der Waals surface area contributed by atoms with Gasteiger partial charge in [0.2, 0.25) is 0 Å². The third kappa shape index (κ3) is 3.40. The van der Waals surface area contributed by atoms with Crippen LogP contribution in [-0.4, -0.2) is 18.1 Å². The van der Waals surface area contributed by atoms with Crippen molar-refractivity contribution in [2.24, 2.45) is 17.8 Å². The molecule has 5 atom stereocenters. The lowest BCUT2D eigenvalue weighted by molar-refractivity contribution is -0.128. The van der Waals surface area contributed by atoms with Gasteiger partial charge in [-0.15, -0.1) is 0 Å². The van der Waals surface area contributed by atoms with Crippen molar-refractivity contribution < 1.29 is 9.53 Å². The van der Waals surface area contributed by atoms with Crippen molar-refractivity contribution in [3.63, 3.8) is 0 Å². The van der Waals surface area contributed by atoms with Gasteiger partial charge in [0.05, 0.1) is 0 Å². The molecule has 0 aromatic heterocycles. The second kappa shape index (κ2) is 6.49. The van der Waals surface area contributed by atoms with E-state index in [1.165, 1.54) is 25.7 Å². The van der Waals surface area contributed by atoms with E-state index in [1.807, 2.05) is 12.1 Å². The lowest BCUT2D eigenvalue weighted by atomic mass is 9.84. The number of halogens is 1. The van der Waals surface area contributed by atoms with E-state index >= 15 is 0 Å². The minimum Gasteiger partial charge on any atom is -0.481 e. The summed E-state index contributed by atoms with van der Waals surface area (Å²) in [5.41, 5.74) is 0. The number of benzene rings is 1. The number of nitrogens with one attached hydrogen (secondary N) is 1. The quantitative estimate of drug-likeness (QED) is 0.888. The second-order valence-electron chi connectivity index (χ2n) is 6.85. The Morgan fingerprint density at radius 3 is 2.77 bits per heavy atom. The lowest BCUT2D eigenvalue weighted by Gasteiger charge is -2.29. The van der Waals surface area contributed by atoms with Gasteiger partial charge in [0.25, 0.3) is 5.91 Å². The molecule has 2 saturated carbocycles. The Balaban J connectivity index is 1.52. The molecule has 0 aliphatic heterocycles. The van der Waals surface area contributed by atoms with E-state index in [1.54, 1.807) is 19.1 Å². The van der Waals surface area contributed by atoms with Crippen LogP contribution in [0.2, 0.25) is 5.02 Å². The van der Waals surface area contributed by atoms with Gasteiger partial charge in [0.15, 0.2) is 6.10 Å². The van der Waals surface area contributed by atoms with Gasteiger partial charge in [-0.1, -0.05) is 24.1 Å². The molecule has 0 saturated heterocycles. The average molecular weight is 322 g/mol. The summed E-state index contributed by atoms with van der Waals surface area (Å²) in [5.74, 6) is 2.93. The molecule has 1 amide bonds. The zero-order valence-electron chi connectivity index (χ0n) is 13.2. The summed E-state index contributed by atoms with van der Waals surface area (Å²) in [4.78, 5) is 12.3. The number of carbonyl (C=O) groups is 1. The molecule has 0 spiro atoms. The van der Waals surface area contributed by atoms with Crippen LogP contribution in [0.5, 0.6) is 5.75 Å². The number of fused-ring (bicyclic) bond motifs is 2. The summed E-state index contributed by atoms with van der Waals surface area (Å²) in [6.07, 6.45) is 4.84. The van der Waals surface area contributed by atoms with Crippen molar-refractivity contribution in [3.8, 4) is 5.75 Å². The number of ether oxygens (including phenoxy) is 1. The molecule has 2 aliphatic rings. The zero-order valence-corrected chi connectivity index (χ0v) is 14.0. The summed E-state index contributed by atoms with van der Waals surface area (Å²) in [7, 11) is 0. The van der Waals surface area contributed by atoms with Crippen LogP contribution >= 0.6 is 11.6 Å². The first-order valence-electron chi connectivity index (χ1n) is 8.25. The number of hydrogen-bond donors (Lipinski definition) is 1. The van der Waals surface area contributed by atoms with Gasteiger partial charge in [-0.3, -0.25) is 4.79 Å².